The molecule has 2 N–H and O–H groups in total. The molecule has 3 aromatic rings. The van der Waals surface area contributed by atoms with Crippen molar-refractivity contribution in [1.82, 2.24) is 14.5 Å². The van der Waals surface area contributed by atoms with Gasteiger partial charge in [-0.05, 0) is 63.7 Å². The van der Waals surface area contributed by atoms with Crippen LogP contribution < -0.4 is 15.4 Å². The van der Waals surface area contributed by atoms with Crippen molar-refractivity contribution in [2.24, 2.45) is 0 Å². The Morgan fingerprint density at radius 2 is 1.90 bits per heavy atom. The number of hydrogen-bond acceptors (Lipinski definition) is 5. The quantitative estimate of drug-likeness (QED) is 0.181. The molecule has 9 heteroatoms. The van der Waals surface area contributed by atoms with Crippen molar-refractivity contribution in [3.05, 3.63) is 91.8 Å². The Kier molecular flexibility index (Phi) is 8.21. The molecule has 0 radical (unpaired) electrons. The molecule has 40 heavy (non-hydrogen) atoms. The zero-order valence-corrected chi connectivity index (χ0v) is 24.3. The van der Waals surface area contributed by atoms with E-state index in [2.05, 4.69) is 41.9 Å². The molecule has 4 rings (SSSR count). The lowest BCUT2D eigenvalue weighted by molar-refractivity contribution is -0.599. The number of nitriles is 1. The van der Waals surface area contributed by atoms with Crippen LogP contribution in [-0.2, 0) is 29.8 Å². The third-order valence-corrected chi connectivity index (χ3v) is 7.86. The first kappa shape index (κ1) is 28.7. The smallest absolute Gasteiger partial charge is 0.265 e. The minimum atomic E-state index is -0.375. The summed E-state index contributed by atoms with van der Waals surface area (Å²) in [6.45, 7) is 11.1. The van der Waals surface area contributed by atoms with E-state index in [0.717, 1.165) is 28.1 Å². The number of amides is 1. The van der Waals surface area contributed by atoms with Crippen LogP contribution in [0.5, 0.6) is 5.88 Å². The minimum Gasteiger partial charge on any atom is -0.494 e. The summed E-state index contributed by atoms with van der Waals surface area (Å²) in [5.41, 5.74) is 4.87. The predicted octanol–water partition coefficient (Wildman–Crippen LogP) is 4.69. The Hall–Kier alpha value is -4.29. The summed E-state index contributed by atoms with van der Waals surface area (Å²) >= 11 is 5.35. The van der Waals surface area contributed by atoms with Gasteiger partial charge < -0.3 is 10.4 Å². The van der Waals surface area contributed by atoms with Gasteiger partial charge >= 0.3 is 0 Å². The average Bonchev–Trinajstić information content (AvgIpc) is 3.17. The lowest BCUT2D eigenvalue weighted by atomic mass is 9.82. The number of nitrogens with one attached hydrogen (secondary N) is 1. The topological polar surface area (TPSA) is 104 Å². The molecule has 2 aromatic heterocycles. The number of carbonyl (C=O) groups excluding carboxylic acids is 1. The number of rotatable bonds is 8. The van der Waals surface area contributed by atoms with Crippen LogP contribution in [0.3, 0.4) is 0 Å². The maximum Gasteiger partial charge on any atom is 0.265 e. The summed E-state index contributed by atoms with van der Waals surface area (Å²) in [5, 5.41) is 23.6. The van der Waals surface area contributed by atoms with Crippen LogP contribution in [0.25, 0.3) is 17.3 Å². The summed E-state index contributed by atoms with van der Waals surface area (Å²) in [5.74, 6) is -0.174. The lowest BCUT2D eigenvalue weighted by Crippen LogP contribution is -2.34. The van der Waals surface area contributed by atoms with Crippen LogP contribution in [0.2, 0.25) is 0 Å². The summed E-state index contributed by atoms with van der Waals surface area (Å²) in [4.78, 5) is 24.6. The summed E-state index contributed by atoms with van der Waals surface area (Å²) in [7, 11) is 0. The molecule has 0 atom stereocenters. The first-order chi connectivity index (χ1) is 19.1. The summed E-state index contributed by atoms with van der Waals surface area (Å²) in [6.07, 6.45) is 7.17. The fraction of sp³-hybridized carbons (Fsp3) is 0.323. The Labute approximate surface area is 239 Å². The van der Waals surface area contributed by atoms with Crippen molar-refractivity contribution in [3.63, 3.8) is 0 Å². The van der Waals surface area contributed by atoms with E-state index >= 15 is 0 Å². The number of allylic oxidation sites excluding steroid dienone is 3. The van der Waals surface area contributed by atoms with Crippen LogP contribution >= 0.6 is 12.2 Å². The van der Waals surface area contributed by atoms with Gasteiger partial charge in [0.15, 0.2) is 16.7 Å². The number of fused-ring (bicyclic) bond motifs is 3. The first-order valence-electron chi connectivity index (χ1n) is 13.4. The van der Waals surface area contributed by atoms with E-state index in [1.807, 2.05) is 45.2 Å². The molecule has 0 aliphatic carbocycles. The second-order valence-electron chi connectivity index (χ2n) is 10.1. The van der Waals surface area contributed by atoms with E-state index in [0.29, 0.717) is 31.6 Å². The van der Waals surface area contributed by atoms with E-state index in [1.165, 1.54) is 15.2 Å². The number of carbonyl (C=O) groups is 1. The maximum atomic E-state index is 12.9. The van der Waals surface area contributed by atoms with Crippen LogP contribution in [-0.4, -0.2) is 20.1 Å². The monoisotopic (exact) mass is 556 g/mol. The Bertz CT molecular complexity index is 1720. The van der Waals surface area contributed by atoms with Gasteiger partial charge in [0.1, 0.15) is 5.56 Å². The molecule has 1 aliphatic heterocycles. The summed E-state index contributed by atoms with van der Waals surface area (Å²) in [6, 6.07) is 12.4. The molecule has 1 aromatic carbocycles. The van der Waals surface area contributed by atoms with Gasteiger partial charge in [0.05, 0.1) is 17.1 Å². The second-order valence-corrected chi connectivity index (χ2v) is 10.5. The molecule has 0 unspecified atom stereocenters. The molecular formula is C31H34N5O3S+. The van der Waals surface area contributed by atoms with Crippen LogP contribution in [0.1, 0.15) is 69.0 Å². The van der Waals surface area contributed by atoms with Gasteiger partial charge in [-0.2, -0.15) is 9.83 Å². The molecule has 0 fully saturated rings. The zero-order chi connectivity index (χ0) is 29.2. The fourth-order valence-corrected chi connectivity index (χ4v) is 5.51. The largest absolute Gasteiger partial charge is 0.494 e. The molecule has 0 saturated heterocycles. The Morgan fingerprint density at radius 3 is 2.55 bits per heavy atom. The third kappa shape index (κ3) is 5.03. The fourth-order valence-electron chi connectivity index (χ4n) is 5.08. The Morgan fingerprint density at radius 1 is 1.18 bits per heavy atom. The highest BCUT2D eigenvalue weighted by Gasteiger charge is 2.43. The Balaban J connectivity index is 1.69. The van der Waals surface area contributed by atoms with Gasteiger partial charge in [0.2, 0.25) is 17.5 Å². The van der Waals surface area contributed by atoms with E-state index in [1.54, 1.807) is 12.2 Å². The van der Waals surface area contributed by atoms with E-state index in [-0.39, 0.29) is 33.1 Å². The first-order valence-corrected chi connectivity index (χ1v) is 13.8. The van der Waals surface area contributed by atoms with Crippen molar-refractivity contribution in [3.8, 4) is 17.6 Å². The maximum absolute atomic E-state index is 12.9. The van der Waals surface area contributed by atoms with Gasteiger partial charge in [0.25, 0.3) is 5.56 Å². The zero-order valence-electron chi connectivity index (χ0n) is 23.5. The van der Waals surface area contributed by atoms with Crippen LogP contribution in [0.15, 0.2) is 53.5 Å². The minimum absolute atomic E-state index is 0.0140. The van der Waals surface area contributed by atoms with Crippen molar-refractivity contribution in [1.29, 1.82) is 5.26 Å². The standard InChI is InChI=1S/C31H33N5O3S/c1-6-27(37)33-19-20-12-13-25-24(16-20)31(4,5)26-17-21(14-15-36(25)26)22(18-32)10-9-11-23-28(38)34(7-2)30(40)35(8-3)29(23)39/h9-17H,6-8,19H2,1-5H3,(H,33,37)/p+1. The lowest BCUT2D eigenvalue weighted by Gasteiger charge is -2.15. The molecule has 0 bridgehead atoms. The van der Waals surface area contributed by atoms with Gasteiger partial charge in [0, 0.05) is 55.4 Å². The number of benzene rings is 1. The number of aromatic nitrogens is 3. The molecule has 0 saturated carbocycles. The number of aromatic hydroxyl groups is 1. The second kappa shape index (κ2) is 11.4. The normalized spacial score (nSPS) is 13.7. The molecule has 8 nitrogen and oxygen atoms in total. The molecule has 206 valence electrons. The van der Waals surface area contributed by atoms with E-state index in [4.69, 9.17) is 12.2 Å². The van der Waals surface area contributed by atoms with Crippen molar-refractivity contribution in [2.45, 2.75) is 66.1 Å². The highest BCUT2D eigenvalue weighted by Crippen LogP contribution is 2.39. The third-order valence-electron chi connectivity index (χ3n) is 7.42. The number of hydrogen-bond donors (Lipinski definition) is 2. The van der Waals surface area contributed by atoms with Gasteiger partial charge in [-0.1, -0.05) is 19.1 Å². The van der Waals surface area contributed by atoms with Gasteiger partial charge in [-0.25, -0.2) is 0 Å². The van der Waals surface area contributed by atoms with Gasteiger partial charge in [-0.15, -0.1) is 0 Å². The molecule has 0 spiro atoms. The van der Waals surface area contributed by atoms with E-state index < -0.39 is 0 Å². The highest BCUT2D eigenvalue weighted by atomic mass is 32.1. The molecule has 3 heterocycles. The number of pyridine rings is 1. The number of nitrogens with zero attached hydrogens (tertiary/aromatic N) is 4. The molecular weight excluding hydrogens is 522 g/mol. The average molecular weight is 557 g/mol. The summed E-state index contributed by atoms with van der Waals surface area (Å²) < 4.78 is 5.35. The predicted molar refractivity (Wildman–Crippen MR) is 157 cm³/mol. The SMILES string of the molecule is CCC(=O)NCc1ccc2c(c1)C(C)(C)c1cc(/C(C#N)=C/C=C/c3c(O)n(CC)c(=S)n(CC)c3=O)cc[n+]1-2. The van der Waals surface area contributed by atoms with Crippen molar-refractivity contribution < 1.29 is 14.5 Å². The van der Waals surface area contributed by atoms with E-state index in [9.17, 15) is 20.0 Å². The van der Waals surface area contributed by atoms with Crippen LogP contribution in [0.4, 0.5) is 0 Å². The van der Waals surface area contributed by atoms with Crippen LogP contribution in [0, 0.1) is 16.1 Å². The van der Waals surface area contributed by atoms with Crippen molar-refractivity contribution in [2.75, 3.05) is 0 Å². The molecule has 1 amide bonds. The van der Waals surface area contributed by atoms with Gasteiger partial charge in [-0.3, -0.25) is 18.7 Å². The highest BCUT2D eigenvalue weighted by molar-refractivity contribution is 7.71. The van der Waals surface area contributed by atoms with Crippen molar-refractivity contribution >= 4 is 29.8 Å². The molecule has 1 aliphatic rings.